The normalized spacial score (nSPS) is 28.3. The number of likely N-dealkylation sites (tertiary alicyclic amines) is 1. The van der Waals surface area contributed by atoms with E-state index in [0.29, 0.717) is 11.8 Å². The van der Waals surface area contributed by atoms with Gasteiger partial charge in [0.15, 0.2) is 5.65 Å². The molecule has 0 spiro atoms. The summed E-state index contributed by atoms with van der Waals surface area (Å²) in [4.78, 5) is 15.7. The molecular weight excluding hydrogens is 360 g/mol. The molecule has 1 saturated heterocycles. The number of aliphatic imine (C=N–C) groups is 1. The van der Waals surface area contributed by atoms with E-state index in [-0.39, 0.29) is 25.2 Å². The van der Waals surface area contributed by atoms with Crippen LogP contribution in [-0.2, 0) is 0 Å². The molecule has 2 saturated carbocycles. The highest BCUT2D eigenvalue weighted by molar-refractivity contribution is 5.99. The molecule has 0 radical (unpaired) electrons. The van der Waals surface area contributed by atoms with Gasteiger partial charge in [-0.15, -0.1) is 0 Å². The lowest BCUT2D eigenvalue weighted by molar-refractivity contribution is -0.149. The number of nitrogens with two attached hydrogens (primary N) is 1. The number of hydrogen-bond acceptors (Lipinski definition) is 4. The van der Waals surface area contributed by atoms with E-state index in [2.05, 4.69) is 22.1 Å². The molecule has 2 aromatic rings. The molecule has 0 amide bonds. The van der Waals surface area contributed by atoms with Gasteiger partial charge >= 0.3 is 0 Å². The Labute approximate surface area is 163 Å². The average Bonchev–Trinajstić information content (AvgIpc) is 3.51. The summed E-state index contributed by atoms with van der Waals surface area (Å²) in [6, 6.07) is 6.57. The first-order valence-corrected chi connectivity index (χ1v) is 10.2. The van der Waals surface area contributed by atoms with Gasteiger partial charge in [0.05, 0.1) is 19.1 Å². The molecule has 3 aliphatic rings. The van der Waals surface area contributed by atoms with Gasteiger partial charge in [0.1, 0.15) is 5.84 Å². The van der Waals surface area contributed by atoms with Crippen LogP contribution in [0.5, 0.6) is 0 Å². The van der Waals surface area contributed by atoms with Gasteiger partial charge in [0.2, 0.25) is 0 Å². The molecule has 0 unspecified atom stereocenters. The van der Waals surface area contributed by atoms with Crippen molar-refractivity contribution < 1.29 is 8.78 Å². The molecule has 3 heterocycles. The Hall–Kier alpha value is -2.15. The maximum absolute atomic E-state index is 13.1. The van der Waals surface area contributed by atoms with Gasteiger partial charge < -0.3 is 5.73 Å². The number of nitrogens with zero attached hydrogens (tertiary/aromatic N) is 4. The fourth-order valence-corrected chi connectivity index (χ4v) is 4.40. The summed E-state index contributed by atoms with van der Waals surface area (Å²) in [5.74, 6) is -1.38. The van der Waals surface area contributed by atoms with E-state index in [1.807, 2.05) is 11.0 Å². The number of halogens is 2. The van der Waals surface area contributed by atoms with E-state index in [0.717, 1.165) is 48.0 Å². The first-order chi connectivity index (χ1) is 13.5. The molecule has 2 aromatic heterocycles. The smallest absolute Gasteiger partial charge is 0.272 e. The van der Waals surface area contributed by atoms with Gasteiger partial charge in [-0.3, -0.25) is 9.89 Å². The molecule has 5 rings (SSSR count). The number of hydrogen-bond donors (Lipinski definition) is 1. The van der Waals surface area contributed by atoms with Crippen LogP contribution in [0.2, 0.25) is 0 Å². The van der Waals surface area contributed by atoms with Gasteiger partial charge in [-0.05, 0) is 56.7 Å². The highest BCUT2D eigenvalue weighted by Gasteiger charge is 2.46. The van der Waals surface area contributed by atoms with Crippen molar-refractivity contribution in [1.29, 1.82) is 0 Å². The summed E-state index contributed by atoms with van der Waals surface area (Å²) < 4.78 is 26.1. The maximum Gasteiger partial charge on any atom is 0.272 e. The number of pyridine rings is 2. The molecule has 28 heavy (non-hydrogen) atoms. The fourth-order valence-electron chi connectivity index (χ4n) is 4.40. The fraction of sp³-hybridized carbons (Fsp3) is 0.571. The van der Waals surface area contributed by atoms with Crippen LogP contribution in [-0.4, -0.2) is 51.8 Å². The Bertz CT molecular complexity index is 908. The van der Waals surface area contributed by atoms with Gasteiger partial charge in [-0.2, -0.15) is 0 Å². The minimum atomic E-state index is -2.49. The van der Waals surface area contributed by atoms with Crippen molar-refractivity contribution >= 4 is 16.9 Å². The largest absolute Gasteiger partial charge is 0.383 e. The van der Waals surface area contributed by atoms with E-state index < -0.39 is 5.92 Å². The molecule has 2 aliphatic carbocycles. The number of fused-ring (bicyclic) bond motifs is 1. The standard InChI is InChI=1S/C21H25F2N5/c22-21(23)11-28(12-21)17-6-4-16(5-7-17)26-19(24)15-9-14-3-8-18(13-1-2-13)27-20(14)25-10-15/h3,8-10,13,16-17H,1-2,4-7,11-12H2,(H2,24,26). The molecule has 148 valence electrons. The zero-order valence-corrected chi connectivity index (χ0v) is 15.8. The van der Waals surface area contributed by atoms with Crippen LogP contribution in [0.15, 0.2) is 29.4 Å². The Morgan fingerprint density at radius 3 is 2.54 bits per heavy atom. The van der Waals surface area contributed by atoms with Crippen LogP contribution in [0.1, 0.15) is 55.7 Å². The van der Waals surface area contributed by atoms with Crippen LogP contribution in [0.25, 0.3) is 11.0 Å². The third-order valence-corrected chi connectivity index (χ3v) is 6.23. The summed E-state index contributed by atoms with van der Waals surface area (Å²) in [5.41, 5.74) is 8.96. The van der Waals surface area contributed by atoms with Crippen LogP contribution in [0, 0.1) is 0 Å². The second kappa shape index (κ2) is 6.72. The highest BCUT2D eigenvalue weighted by Crippen LogP contribution is 2.39. The van der Waals surface area contributed by atoms with Crippen molar-refractivity contribution in [3.63, 3.8) is 0 Å². The Kier molecular flexibility index (Phi) is 4.30. The number of amidine groups is 1. The first kappa shape index (κ1) is 17.9. The Morgan fingerprint density at radius 2 is 1.86 bits per heavy atom. The molecule has 0 aromatic carbocycles. The predicted molar refractivity (Wildman–Crippen MR) is 105 cm³/mol. The van der Waals surface area contributed by atoms with E-state index in [1.54, 1.807) is 6.20 Å². The zero-order valence-electron chi connectivity index (χ0n) is 15.8. The van der Waals surface area contributed by atoms with Crippen molar-refractivity contribution in [2.45, 2.75) is 62.4 Å². The molecular formula is C21H25F2N5. The van der Waals surface area contributed by atoms with Crippen molar-refractivity contribution in [1.82, 2.24) is 14.9 Å². The molecule has 7 heteroatoms. The predicted octanol–water partition coefficient (Wildman–Crippen LogP) is 3.47. The Balaban J connectivity index is 1.24. The zero-order chi connectivity index (χ0) is 19.3. The van der Waals surface area contributed by atoms with E-state index in [9.17, 15) is 8.78 Å². The average molecular weight is 385 g/mol. The second-order valence-corrected chi connectivity index (χ2v) is 8.52. The van der Waals surface area contributed by atoms with Crippen LogP contribution in [0.3, 0.4) is 0 Å². The monoisotopic (exact) mass is 385 g/mol. The van der Waals surface area contributed by atoms with E-state index in [4.69, 9.17) is 10.7 Å². The van der Waals surface area contributed by atoms with Crippen molar-refractivity contribution in [3.8, 4) is 0 Å². The number of aromatic nitrogens is 2. The van der Waals surface area contributed by atoms with Crippen LogP contribution in [0.4, 0.5) is 8.78 Å². The maximum atomic E-state index is 13.1. The second-order valence-electron chi connectivity index (χ2n) is 8.52. The molecule has 0 bridgehead atoms. The molecule has 0 atom stereocenters. The van der Waals surface area contributed by atoms with Crippen molar-refractivity contribution in [2.24, 2.45) is 10.7 Å². The lowest BCUT2D eigenvalue weighted by Gasteiger charge is -2.45. The van der Waals surface area contributed by atoms with Gasteiger partial charge in [0.25, 0.3) is 5.92 Å². The molecule has 1 aliphatic heterocycles. The summed E-state index contributed by atoms with van der Waals surface area (Å²) >= 11 is 0. The summed E-state index contributed by atoms with van der Waals surface area (Å²) in [7, 11) is 0. The van der Waals surface area contributed by atoms with Crippen LogP contribution < -0.4 is 5.73 Å². The van der Waals surface area contributed by atoms with Crippen LogP contribution >= 0.6 is 0 Å². The van der Waals surface area contributed by atoms with Gasteiger partial charge in [-0.25, -0.2) is 18.7 Å². The molecule has 2 N–H and O–H groups in total. The van der Waals surface area contributed by atoms with Crippen molar-refractivity contribution in [2.75, 3.05) is 13.1 Å². The molecule has 3 fully saturated rings. The van der Waals surface area contributed by atoms with Gasteiger partial charge in [-0.1, -0.05) is 0 Å². The minimum absolute atomic E-state index is 0.0903. The SMILES string of the molecule is NC(=NC1CCC(N2CC(F)(F)C2)CC1)c1cnc2nc(C3CC3)ccc2c1. The summed E-state index contributed by atoms with van der Waals surface area (Å²) in [5, 5.41) is 0.975. The molecule has 5 nitrogen and oxygen atoms in total. The summed E-state index contributed by atoms with van der Waals surface area (Å²) in [6.45, 7) is -0.181. The highest BCUT2D eigenvalue weighted by atomic mass is 19.3. The van der Waals surface area contributed by atoms with Crippen molar-refractivity contribution in [3.05, 3.63) is 35.7 Å². The quantitative estimate of drug-likeness (QED) is 0.646. The third kappa shape index (κ3) is 3.60. The van der Waals surface area contributed by atoms with E-state index in [1.165, 1.54) is 12.8 Å². The lowest BCUT2D eigenvalue weighted by Crippen LogP contribution is -2.60. The Morgan fingerprint density at radius 1 is 1.11 bits per heavy atom. The number of rotatable bonds is 4. The lowest BCUT2D eigenvalue weighted by atomic mass is 9.88. The summed E-state index contributed by atoms with van der Waals surface area (Å²) in [6.07, 6.45) is 7.78. The van der Waals surface area contributed by atoms with Gasteiger partial charge in [0, 0.05) is 34.8 Å². The van der Waals surface area contributed by atoms with E-state index >= 15 is 0 Å². The minimum Gasteiger partial charge on any atom is -0.383 e. The topological polar surface area (TPSA) is 67.4 Å². The third-order valence-electron chi connectivity index (χ3n) is 6.23. The number of alkyl halides is 2. The first-order valence-electron chi connectivity index (χ1n) is 10.2.